The van der Waals surface area contributed by atoms with E-state index in [1.165, 1.54) is 42.9 Å². The van der Waals surface area contributed by atoms with Crippen molar-refractivity contribution in [2.24, 2.45) is 0 Å². The van der Waals surface area contributed by atoms with Crippen LogP contribution in [0.2, 0.25) is 5.02 Å². The summed E-state index contributed by atoms with van der Waals surface area (Å²) < 4.78 is 11.2. The molecule has 0 fully saturated rings. The highest BCUT2D eigenvalue weighted by Gasteiger charge is 2.14. The first-order valence-corrected chi connectivity index (χ1v) is 11.2. The summed E-state index contributed by atoms with van der Waals surface area (Å²) in [6.07, 6.45) is 0.900. The van der Waals surface area contributed by atoms with Crippen LogP contribution in [0.3, 0.4) is 0 Å². The number of methoxy groups -OCH3 is 2. The first kappa shape index (κ1) is 22.2. The molecular weight excluding hydrogens is 444 g/mol. The van der Waals surface area contributed by atoms with Gasteiger partial charge in [-0.05, 0) is 18.1 Å². The Morgan fingerprint density at radius 2 is 1.90 bits per heavy atom. The maximum atomic E-state index is 12.3. The van der Waals surface area contributed by atoms with Gasteiger partial charge >= 0.3 is 0 Å². The maximum absolute atomic E-state index is 12.3. The van der Waals surface area contributed by atoms with Crippen LogP contribution in [0.15, 0.2) is 46.8 Å². The Morgan fingerprint density at radius 1 is 1.13 bits per heavy atom. The lowest BCUT2D eigenvalue weighted by molar-refractivity contribution is -0.113. The van der Waals surface area contributed by atoms with Gasteiger partial charge in [-0.3, -0.25) is 4.79 Å². The third-order valence-electron chi connectivity index (χ3n) is 4.01. The number of hydrogen-bond donors (Lipinski definition) is 2. The van der Waals surface area contributed by atoms with Crippen molar-refractivity contribution >= 4 is 51.4 Å². The molecule has 158 valence electrons. The second-order valence-corrected chi connectivity index (χ2v) is 8.67. The summed E-state index contributed by atoms with van der Waals surface area (Å²) >= 11 is 8.87. The minimum Gasteiger partial charge on any atom is -0.495 e. The molecule has 7 nitrogen and oxygen atoms in total. The van der Waals surface area contributed by atoms with Gasteiger partial charge < -0.3 is 20.1 Å². The van der Waals surface area contributed by atoms with Gasteiger partial charge in [0.1, 0.15) is 11.5 Å². The van der Waals surface area contributed by atoms with Crippen LogP contribution in [0.4, 0.5) is 10.8 Å². The molecule has 10 heteroatoms. The quantitative estimate of drug-likeness (QED) is 0.424. The van der Waals surface area contributed by atoms with Crippen molar-refractivity contribution in [1.29, 1.82) is 0 Å². The number of rotatable bonds is 10. The Morgan fingerprint density at radius 3 is 2.63 bits per heavy atom. The fourth-order valence-corrected chi connectivity index (χ4v) is 4.39. The highest BCUT2D eigenvalue weighted by molar-refractivity contribution is 8.01. The molecule has 0 aliphatic carbocycles. The molecule has 0 saturated heterocycles. The lowest BCUT2D eigenvalue weighted by atomic mass is 10.2. The van der Waals surface area contributed by atoms with E-state index in [0.717, 1.165) is 18.1 Å². The highest BCUT2D eigenvalue weighted by atomic mass is 35.5. The van der Waals surface area contributed by atoms with E-state index < -0.39 is 0 Å². The van der Waals surface area contributed by atoms with Crippen molar-refractivity contribution in [3.8, 4) is 11.5 Å². The van der Waals surface area contributed by atoms with Gasteiger partial charge in [0, 0.05) is 12.6 Å². The van der Waals surface area contributed by atoms with E-state index in [2.05, 4.69) is 33.0 Å². The van der Waals surface area contributed by atoms with Crippen LogP contribution < -0.4 is 20.1 Å². The molecule has 1 aromatic heterocycles. The van der Waals surface area contributed by atoms with Crippen molar-refractivity contribution in [3.63, 3.8) is 0 Å². The predicted octanol–water partition coefficient (Wildman–Crippen LogP) is 4.59. The molecule has 2 N–H and O–H groups in total. The zero-order valence-corrected chi connectivity index (χ0v) is 18.9. The zero-order valence-electron chi connectivity index (χ0n) is 16.5. The first-order valence-electron chi connectivity index (χ1n) is 9.04. The summed E-state index contributed by atoms with van der Waals surface area (Å²) in [6, 6.07) is 13.5. The summed E-state index contributed by atoms with van der Waals surface area (Å²) in [5.74, 6) is 0.927. The van der Waals surface area contributed by atoms with Crippen LogP contribution in [0.1, 0.15) is 5.56 Å². The molecule has 0 aliphatic heterocycles. The number of halogens is 1. The summed E-state index contributed by atoms with van der Waals surface area (Å²) in [5.41, 5.74) is 1.74. The highest BCUT2D eigenvalue weighted by Crippen LogP contribution is 2.36. The summed E-state index contributed by atoms with van der Waals surface area (Å²) in [5, 5.41) is 15.4. The summed E-state index contributed by atoms with van der Waals surface area (Å²) in [6.45, 7) is 0.766. The number of carbonyl (C=O) groups is 1. The molecule has 0 bridgehead atoms. The Hall–Kier alpha value is -2.49. The van der Waals surface area contributed by atoms with E-state index in [1.807, 2.05) is 18.2 Å². The lowest BCUT2D eigenvalue weighted by Gasteiger charge is -2.12. The van der Waals surface area contributed by atoms with Gasteiger partial charge in [-0.25, -0.2) is 0 Å². The largest absolute Gasteiger partial charge is 0.495 e. The van der Waals surface area contributed by atoms with E-state index >= 15 is 0 Å². The zero-order chi connectivity index (χ0) is 21.3. The monoisotopic (exact) mass is 464 g/mol. The molecule has 1 amide bonds. The van der Waals surface area contributed by atoms with Crippen LogP contribution >= 0.6 is 34.7 Å². The number of nitrogens with one attached hydrogen (secondary N) is 2. The molecule has 30 heavy (non-hydrogen) atoms. The van der Waals surface area contributed by atoms with Gasteiger partial charge in [0.25, 0.3) is 0 Å². The van der Waals surface area contributed by atoms with E-state index in [0.29, 0.717) is 26.5 Å². The molecule has 0 spiro atoms. The number of anilines is 2. The number of nitrogens with zero attached hydrogens (tertiary/aromatic N) is 2. The smallest absolute Gasteiger partial charge is 0.234 e. The SMILES string of the molecule is COc1cc(OC)c(NC(=O)CSc2nnc(NCCc3ccccc3)s2)cc1Cl. The number of hydrogen-bond acceptors (Lipinski definition) is 8. The average Bonchev–Trinajstić information content (AvgIpc) is 3.21. The molecule has 3 aromatic rings. The number of benzene rings is 2. The van der Waals surface area contributed by atoms with Gasteiger partial charge in [0.05, 0.1) is 30.7 Å². The molecule has 3 rings (SSSR count). The second kappa shape index (κ2) is 11.1. The molecular formula is C20H21ClN4O3S2. The van der Waals surface area contributed by atoms with Gasteiger partial charge in [0.2, 0.25) is 11.0 Å². The second-order valence-electron chi connectivity index (χ2n) is 6.06. The van der Waals surface area contributed by atoms with E-state index in [9.17, 15) is 4.79 Å². The standard InChI is InChI=1S/C20H21ClN4O3S2/c1-27-16-11-17(28-2)15(10-14(16)21)23-18(26)12-29-20-25-24-19(30-20)22-9-8-13-6-4-3-5-7-13/h3-7,10-11H,8-9,12H2,1-2H3,(H,22,24)(H,23,26). The minimum absolute atomic E-state index is 0.186. The van der Waals surface area contributed by atoms with E-state index in [1.54, 1.807) is 12.1 Å². The fraction of sp³-hybridized carbons (Fsp3) is 0.250. The molecule has 2 aromatic carbocycles. The Bertz CT molecular complexity index is 985. The van der Waals surface area contributed by atoms with Crippen LogP contribution in [0.25, 0.3) is 0 Å². The van der Waals surface area contributed by atoms with Crippen LogP contribution in [-0.2, 0) is 11.2 Å². The van der Waals surface area contributed by atoms with Crippen LogP contribution in [0, 0.1) is 0 Å². The lowest BCUT2D eigenvalue weighted by Crippen LogP contribution is -2.14. The van der Waals surface area contributed by atoms with Crippen molar-refractivity contribution < 1.29 is 14.3 Å². The Balaban J connectivity index is 1.48. The van der Waals surface area contributed by atoms with Crippen molar-refractivity contribution in [2.75, 3.05) is 37.2 Å². The van der Waals surface area contributed by atoms with Gasteiger partial charge in [-0.1, -0.05) is 65.0 Å². The topological polar surface area (TPSA) is 85.4 Å². The minimum atomic E-state index is -0.201. The van der Waals surface area contributed by atoms with E-state index in [-0.39, 0.29) is 11.7 Å². The molecule has 0 unspecified atom stereocenters. The van der Waals surface area contributed by atoms with Gasteiger partial charge in [0.15, 0.2) is 4.34 Å². The van der Waals surface area contributed by atoms with Crippen LogP contribution in [-0.4, -0.2) is 42.6 Å². The number of carbonyl (C=O) groups excluding carboxylic acids is 1. The molecule has 0 radical (unpaired) electrons. The Labute approximate surface area is 188 Å². The average molecular weight is 465 g/mol. The summed E-state index contributed by atoms with van der Waals surface area (Å²) in [7, 11) is 3.03. The molecule has 0 saturated carbocycles. The number of amides is 1. The molecule has 1 heterocycles. The fourth-order valence-electron chi connectivity index (χ4n) is 2.57. The number of aromatic nitrogens is 2. The molecule has 0 atom stereocenters. The third-order valence-corrected chi connectivity index (χ3v) is 6.32. The van der Waals surface area contributed by atoms with Crippen molar-refractivity contribution in [1.82, 2.24) is 10.2 Å². The number of ether oxygens (including phenoxy) is 2. The van der Waals surface area contributed by atoms with Crippen molar-refractivity contribution in [2.45, 2.75) is 10.8 Å². The van der Waals surface area contributed by atoms with E-state index in [4.69, 9.17) is 21.1 Å². The first-order chi connectivity index (χ1) is 14.6. The maximum Gasteiger partial charge on any atom is 0.234 e. The van der Waals surface area contributed by atoms with Crippen LogP contribution in [0.5, 0.6) is 11.5 Å². The molecule has 0 aliphatic rings. The predicted molar refractivity (Wildman–Crippen MR) is 122 cm³/mol. The van der Waals surface area contributed by atoms with Gasteiger partial charge in [-0.15, -0.1) is 10.2 Å². The van der Waals surface area contributed by atoms with Gasteiger partial charge in [-0.2, -0.15) is 0 Å². The third kappa shape index (κ3) is 6.25. The Kier molecular flexibility index (Phi) is 8.18. The number of thioether (sulfide) groups is 1. The summed E-state index contributed by atoms with van der Waals surface area (Å²) in [4.78, 5) is 12.3. The normalized spacial score (nSPS) is 10.5. The van der Waals surface area contributed by atoms with Crippen molar-refractivity contribution in [3.05, 3.63) is 53.1 Å².